The quantitative estimate of drug-likeness (QED) is 0.759. The molecular formula is C22H26ClN3O3. The molecule has 7 heteroatoms. The standard InChI is InChI=1S/C22H26ClN3O3/c1-11-8-12(2)17(13(3)9-11)18-16(27)10-15(21(18)28)6-7-24-22(29)20-19(23)14(4)25-26(20)5/h8-9,15,18H,6-7,10H2,1-5H3,(H,24,29). The summed E-state index contributed by atoms with van der Waals surface area (Å²) in [5.74, 6) is -1.49. The molecule has 6 nitrogen and oxygen atoms in total. The van der Waals surface area contributed by atoms with E-state index in [4.69, 9.17) is 11.6 Å². The van der Waals surface area contributed by atoms with Gasteiger partial charge in [-0.05, 0) is 50.8 Å². The predicted octanol–water partition coefficient (Wildman–Crippen LogP) is 3.37. The van der Waals surface area contributed by atoms with Crippen LogP contribution in [0.3, 0.4) is 0 Å². The molecule has 0 spiro atoms. The van der Waals surface area contributed by atoms with Gasteiger partial charge in [0.1, 0.15) is 17.4 Å². The fourth-order valence-corrected chi connectivity index (χ4v) is 4.62. The number of halogens is 1. The number of carbonyl (C=O) groups is 3. The first-order valence-electron chi connectivity index (χ1n) is 9.73. The summed E-state index contributed by atoms with van der Waals surface area (Å²) in [6, 6.07) is 4.02. The largest absolute Gasteiger partial charge is 0.351 e. The highest BCUT2D eigenvalue weighted by atomic mass is 35.5. The maximum Gasteiger partial charge on any atom is 0.271 e. The summed E-state index contributed by atoms with van der Waals surface area (Å²) >= 11 is 6.14. The van der Waals surface area contributed by atoms with E-state index >= 15 is 0 Å². The molecule has 1 fully saturated rings. The lowest BCUT2D eigenvalue weighted by Crippen LogP contribution is -2.29. The Morgan fingerprint density at radius 3 is 2.38 bits per heavy atom. The summed E-state index contributed by atoms with van der Waals surface area (Å²) in [6.45, 7) is 7.93. The van der Waals surface area contributed by atoms with E-state index in [0.29, 0.717) is 29.4 Å². The second kappa shape index (κ2) is 8.11. The number of hydrogen-bond acceptors (Lipinski definition) is 4. The Morgan fingerprint density at radius 1 is 1.21 bits per heavy atom. The highest BCUT2D eigenvalue weighted by Crippen LogP contribution is 2.37. The number of Topliss-reactive ketones (excluding diaryl/α,β-unsaturated/α-hetero) is 2. The lowest BCUT2D eigenvalue weighted by atomic mass is 9.86. The highest BCUT2D eigenvalue weighted by molar-refractivity contribution is 6.34. The van der Waals surface area contributed by atoms with Gasteiger partial charge in [0.2, 0.25) is 0 Å². The fourth-order valence-electron chi connectivity index (χ4n) is 4.37. The molecule has 1 N–H and O–H groups in total. The number of aryl methyl sites for hydroxylation is 5. The first-order chi connectivity index (χ1) is 13.6. The topological polar surface area (TPSA) is 81.1 Å². The van der Waals surface area contributed by atoms with Crippen LogP contribution in [0, 0.1) is 33.6 Å². The van der Waals surface area contributed by atoms with Gasteiger partial charge in [0, 0.05) is 25.9 Å². The minimum absolute atomic E-state index is 0.0355. The van der Waals surface area contributed by atoms with Crippen LogP contribution >= 0.6 is 11.6 Å². The molecule has 1 aliphatic carbocycles. The van der Waals surface area contributed by atoms with Crippen molar-refractivity contribution in [2.45, 2.75) is 46.5 Å². The predicted molar refractivity (Wildman–Crippen MR) is 111 cm³/mol. The van der Waals surface area contributed by atoms with Gasteiger partial charge in [-0.1, -0.05) is 29.3 Å². The molecule has 2 atom stereocenters. The molecule has 2 unspecified atom stereocenters. The van der Waals surface area contributed by atoms with E-state index < -0.39 is 5.92 Å². The smallest absolute Gasteiger partial charge is 0.271 e. The number of nitrogens with one attached hydrogen (secondary N) is 1. The van der Waals surface area contributed by atoms with Crippen LogP contribution < -0.4 is 5.32 Å². The van der Waals surface area contributed by atoms with Crippen LogP contribution in [0.25, 0.3) is 0 Å². The molecule has 1 heterocycles. The van der Waals surface area contributed by atoms with Gasteiger partial charge in [-0.25, -0.2) is 0 Å². The number of nitrogens with zero attached hydrogens (tertiary/aromatic N) is 2. The molecule has 1 aromatic heterocycles. The molecule has 29 heavy (non-hydrogen) atoms. The number of carbonyl (C=O) groups excluding carboxylic acids is 3. The second-order valence-corrected chi connectivity index (χ2v) is 8.31. The molecule has 2 aromatic rings. The van der Waals surface area contributed by atoms with Crippen molar-refractivity contribution in [3.8, 4) is 0 Å². The molecule has 0 bridgehead atoms. The van der Waals surface area contributed by atoms with E-state index in [0.717, 1.165) is 22.3 Å². The van der Waals surface area contributed by atoms with Crippen LogP contribution in [0.15, 0.2) is 12.1 Å². The zero-order chi connectivity index (χ0) is 21.5. The van der Waals surface area contributed by atoms with Gasteiger partial charge in [-0.2, -0.15) is 5.10 Å². The van der Waals surface area contributed by atoms with Crippen LogP contribution in [-0.4, -0.2) is 33.8 Å². The highest BCUT2D eigenvalue weighted by Gasteiger charge is 2.42. The first-order valence-corrected chi connectivity index (χ1v) is 10.1. The molecule has 0 aliphatic heterocycles. The number of aromatic nitrogens is 2. The summed E-state index contributed by atoms with van der Waals surface area (Å²) in [5.41, 5.74) is 4.79. The van der Waals surface area contributed by atoms with Crippen molar-refractivity contribution in [3.63, 3.8) is 0 Å². The number of benzene rings is 1. The second-order valence-electron chi connectivity index (χ2n) is 7.93. The van der Waals surface area contributed by atoms with Gasteiger partial charge in [0.15, 0.2) is 5.78 Å². The van der Waals surface area contributed by atoms with E-state index in [9.17, 15) is 14.4 Å². The Bertz CT molecular complexity index is 986. The van der Waals surface area contributed by atoms with Crippen LogP contribution in [-0.2, 0) is 16.6 Å². The summed E-state index contributed by atoms with van der Waals surface area (Å²) in [5, 5.41) is 7.25. The lowest BCUT2D eigenvalue weighted by Gasteiger charge is -2.16. The minimum Gasteiger partial charge on any atom is -0.351 e. The molecule has 1 aliphatic rings. The third-order valence-corrected chi connectivity index (χ3v) is 6.08. The van der Waals surface area contributed by atoms with Crippen molar-refractivity contribution >= 4 is 29.1 Å². The van der Waals surface area contributed by atoms with Crippen molar-refractivity contribution in [2.24, 2.45) is 13.0 Å². The van der Waals surface area contributed by atoms with Crippen LogP contribution in [0.4, 0.5) is 0 Å². The Labute approximate surface area is 175 Å². The maximum absolute atomic E-state index is 13.0. The molecule has 0 saturated heterocycles. The summed E-state index contributed by atoms with van der Waals surface area (Å²) in [6.07, 6.45) is 0.642. The van der Waals surface area contributed by atoms with Gasteiger partial charge < -0.3 is 5.32 Å². The summed E-state index contributed by atoms with van der Waals surface area (Å²) in [4.78, 5) is 38.1. The minimum atomic E-state index is -0.689. The van der Waals surface area contributed by atoms with Crippen LogP contribution in [0.5, 0.6) is 0 Å². The van der Waals surface area contributed by atoms with Gasteiger partial charge in [0.25, 0.3) is 5.91 Å². The number of amides is 1. The molecule has 1 saturated carbocycles. The van der Waals surface area contributed by atoms with Crippen molar-refractivity contribution < 1.29 is 14.4 Å². The van der Waals surface area contributed by atoms with Gasteiger partial charge in [-0.3, -0.25) is 19.1 Å². The molecule has 1 amide bonds. The van der Waals surface area contributed by atoms with E-state index in [1.165, 1.54) is 4.68 Å². The van der Waals surface area contributed by atoms with Crippen molar-refractivity contribution in [1.29, 1.82) is 0 Å². The number of ketones is 2. The van der Waals surface area contributed by atoms with Gasteiger partial charge in [-0.15, -0.1) is 0 Å². The fraction of sp³-hybridized carbons (Fsp3) is 0.455. The monoisotopic (exact) mass is 415 g/mol. The third kappa shape index (κ3) is 3.99. The van der Waals surface area contributed by atoms with E-state index in [-0.39, 0.29) is 29.8 Å². The van der Waals surface area contributed by atoms with Gasteiger partial charge >= 0.3 is 0 Å². The first kappa shape index (κ1) is 21.2. The third-order valence-electron chi connectivity index (χ3n) is 5.63. The zero-order valence-corrected chi connectivity index (χ0v) is 18.2. The zero-order valence-electron chi connectivity index (χ0n) is 17.4. The molecular weight excluding hydrogens is 390 g/mol. The summed E-state index contributed by atoms with van der Waals surface area (Å²) < 4.78 is 1.44. The van der Waals surface area contributed by atoms with Crippen LogP contribution in [0.2, 0.25) is 5.02 Å². The van der Waals surface area contributed by atoms with Crippen molar-refractivity contribution in [1.82, 2.24) is 15.1 Å². The lowest BCUT2D eigenvalue weighted by molar-refractivity contribution is -0.124. The normalized spacial score (nSPS) is 19.1. The van der Waals surface area contributed by atoms with E-state index in [1.807, 2.05) is 32.9 Å². The molecule has 0 radical (unpaired) electrons. The number of hydrogen-bond donors (Lipinski definition) is 1. The van der Waals surface area contributed by atoms with E-state index in [2.05, 4.69) is 10.4 Å². The Hall–Kier alpha value is -2.47. The van der Waals surface area contributed by atoms with Gasteiger partial charge in [0.05, 0.1) is 10.7 Å². The number of rotatable bonds is 5. The SMILES string of the molecule is Cc1cc(C)c(C2C(=O)CC(CCNC(=O)c3c(Cl)c(C)nn3C)C2=O)c(C)c1. The maximum atomic E-state index is 13.0. The van der Waals surface area contributed by atoms with Crippen molar-refractivity contribution in [2.75, 3.05) is 6.54 Å². The average molecular weight is 416 g/mol. The average Bonchev–Trinajstić information content (AvgIpc) is 3.03. The Kier molecular flexibility index (Phi) is 5.94. The molecule has 154 valence electrons. The van der Waals surface area contributed by atoms with E-state index in [1.54, 1.807) is 14.0 Å². The summed E-state index contributed by atoms with van der Waals surface area (Å²) in [7, 11) is 1.66. The Balaban J connectivity index is 1.67. The van der Waals surface area contributed by atoms with Crippen molar-refractivity contribution in [3.05, 3.63) is 50.8 Å². The molecule has 1 aromatic carbocycles. The molecule has 3 rings (SSSR count). The Morgan fingerprint density at radius 2 is 1.83 bits per heavy atom. The van der Waals surface area contributed by atoms with Crippen LogP contribution in [0.1, 0.15) is 57.2 Å².